The summed E-state index contributed by atoms with van der Waals surface area (Å²) in [7, 11) is 0. The molecule has 0 saturated heterocycles. The number of hydrogen-bond acceptors (Lipinski definition) is 8. The van der Waals surface area contributed by atoms with Gasteiger partial charge in [0, 0.05) is 38.2 Å². The zero-order valence-electron chi connectivity index (χ0n) is 37.9. The summed E-state index contributed by atoms with van der Waals surface area (Å²) in [6.07, 6.45) is 0. The molecule has 3 aromatic heterocycles. The van der Waals surface area contributed by atoms with Gasteiger partial charge in [-0.15, -0.1) is 0 Å². The SMILES string of the molecule is N#Cc1ccc(-c2ccc3c(c2)c2ccccc2n3-c2cc(-c3nc(-c4ccccc4)nc(-c4ccccc4)n3)c(-n3c4ccccc4c4cc(-c5ccc(C#N)cc5C#N)ccc43)cc2C#N)c(C#N)c1. The van der Waals surface area contributed by atoms with Crippen molar-refractivity contribution in [1.82, 2.24) is 24.1 Å². The van der Waals surface area contributed by atoms with Crippen LogP contribution in [0.1, 0.15) is 27.8 Å². The van der Waals surface area contributed by atoms with Gasteiger partial charge >= 0.3 is 0 Å². The molecule has 0 aliphatic carbocycles. The Balaban J connectivity index is 1.17. The van der Waals surface area contributed by atoms with E-state index in [4.69, 9.17) is 15.0 Å². The number of fused-ring (bicyclic) bond motifs is 6. The van der Waals surface area contributed by atoms with Crippen LogP contribution in [-0.2, 0) is 0 Å². The molecular weight excluding hydrogens is 885 g/mol. The highest BCUT2D eigenvalue weighted by molar-refractivity contribution is 6.12. The van der Waals surface area contributed by atoms with Gasteiger partial charge in [-0.25, -0.2) is 15.0 Å². The summed E-state index contributed by atoms with van der Waals surface area (Å²) in [5.41, 5.74) is 11.9. The highest BCUT2D eigenvalue weighted by atomic mass is 15.1. The molecule has 0 fully saturated rings. The van der Waals surface area contributed by atoms with E-state index in [1.54, 1.807) is 24.3 Å². The second-order valence-electron chi connectivity index (χ2n) is 17.2. The van der Waals surface area contributed by atoms with Crippen LogP contribution in [0.5, 0.6) is 0 Å². The third kappa shape index (κ3) is 6.96. The third-order valence-corrected chi connectivity index (χ3v) is 13.2. The molecule has 0 amide bonds. The summed E-state index contributed by atoms with van der Waals surface area (Å²) in [6.45, 7) is 0. The number of benzene rings is 9. The fourth-order valence-corrected chi connectivity index (χ4v) is 9.86. The van der Waals surface area contributed by atoms with E-state index < -0.39 is 0 Å². The van der Waals surface area contributed by atoms with Gasteiger partial charge in [0.2, 0.25) is 0 Å². The van der Waals surface area contributed by atoms with Gasteiger partial charge in [-0.1, -0.05) is 121 Å². The molecule has 330 valence electrons. The summed E-state index contributed by atoms with van der Waals surface area (Å²) in [4.78, 5) is 15.6. The van der Waals surface area contributed by atoms with Crippen molar-refractivity contribution in [3.63, 3.8) is 0 Å². The number of nitrogens with zero attached hydrogens (tertiary/aromatic N) is 10. The van der Waals surface area contributed by atoms with E-state index in [-0.39, 0.29) is 0 Å². The molecule has 10 nitrogen and oxygen atoms in total. The maximum atomic E-state index is 11.4. The van der Waals surface area contributed by atoms with Gasteiger partial charge in [0.25, 0.3) is 0 Å². The number of hydrogen-bond donors (Lipinski definition) is 0. The van der Waals surface area contributed by atoms with Crippen molar-refractivity contribution < 1.29 is 0 Å². The number of aromatic nitrogens is 5. The molecule has 12 rings (SSSR count). The summed E-state index contributed by atoms with van der Waals surface area (Å²) in [5.74, 6) is 1.33. The van der Waals surface area contributed by atoms with E-state index in [0.29, 0.717) is 73.4 Å². The Kier molecular flexibility index (Phi) is 10.2. The van der Waals surface area contributed by atoms with Crippen LogP contribution >= 0.6 is 0 Å². The predicted molar refractivity (Wildman–Crippen MR) is 279 cm³/mol. The smallest absolute Gasteiger partial charge is 0.166 e. The quantitative estimate of drug-likeness (QED) is 0.152. The second kappa shape index (κ2) is 17.3. The molecular formula is C62H32N10. The van der Waals surface area contributed by atoms with Gasteiger partial charge in [0.05, 0.1) is 85.5 Å². The molecule has 72 heavy (non-hydrogen) atoms. The van der Waals surface area contributed by atoms with Crippen molar-refractivity contribution >= 4 is 43.6 Å². The Morgan fingerprint density at radius 3 is 1.19 bits per heavy atom. The van der Waals surface area contributed by atoms with Gasteiger partial charge in [0.1, 0.15) is 6.07 Å². The van der Waals surface area contributed by atoms with Gasteiger partial charge < -0.3 is 9.13 Å². The second-order valence-corrected chi connectivity index (χ2v) is 17.2. The van der Waals surface area contributed by atoms with Crippen molar-refractivity contribution in [2.45, 2.75) is 0 Å². The topological polar surface area (TPSA) is 167 Å². The first-order chi connectivity index (χ1) is 35.5. The minimum Gasteiger partial charge on any atom is -0.308 e. The lowest BCUT2D eigenvalue weighted by Gasteiger charge is -2.19. The van der Waals surface area contributed by atoms with Crippen LogP contribution < -0.4 is 0 Å². The van der Waals surface area contributed by atoms with Crippen LogP contribution in [0.4, 0.5) is 0 Å². The Bertz CT molecular complexity index is 4400. The summed E-state index contributed by atoms with van der Waals surface area (Å²) in [5, 5.41) is 54.6. The van der Waals surface area contributed by atoms with Crippen LogP contribution in [0.3, 0.4) is 0 Å². The van der Waals surface area contributed by atoms with Gasteiger partial charge in [-0.2, -0.15) is 26.3 Å². The zero-order valence-corrected chi connectivity index (χ0v) is 37.9. The lowest BCUT2D eigenvalue weighted by Crippen LogP contribution is -2.07. The van der Waals surface area contributed by atoms with E-state index in [9.17, 15) is 26.3 Å². The lowest BCUT2D eigenvalue weighted by atomic mass is 9.97. The average Bonchev–Trinajstić information content (AvgIpc) is 3.96. The Labute approximate surface area is 412 Å². The minimum atomic E-state index is 0.384. The van der Waals surface area contributed by atoms with E-state index >= 15 is 0 Å². The molecule has 0 N–H and O–H groups in total. The maximum absolute atomic E-state index is 11.4. The third-order valence-electron chi connectivity index (χ3n) is 13.2. The molecule has 3 heterocycles. The fourth-order valence-electron chi connectivity index (χ4n) is 9.86. The molecule has 0 aliphatic heterocycles. The predicted octanol–water partition coefficient (Wildman–Crippen LogP) is 13.8. The van der Waals surface area contributed by atoms with Crippen LogP contribution in [0.15, 0.2) is 194 Å². The molecule has 0 bridgehead atoms. The molecule has 10 heteroatoms. The van der Waals surface area contributed by atoms with Crippen molar-refractivity contribution in [2.75, 3.05) is 0 Å². The number of nitriles is 5. The highest BCUT2D eigenvalue weighted by Gasteiger charge is 2.25. The first kappa shape index (κ1) is 42.4. The van der Waals surface area contributed by atoms with E-state index in [2.05, 4.69) is 69.8 Å². The van der Waals surface area contributed by atoms with Crippen molar-refractivity contribution in [3.8, 4) is 98.1 Å². The Hall–Kier alpha value is -11.0. The van der Waals surface area contributed by atoms with Crippen LogP contribution in [0, 0.1) is 56.7 Å². The Morgan fingerprint density at radius 1 is 0.292 bits per heavy atom. The van der Waals surface area contributed by atoms with Crippen LogP contribution in [0.25, 0.3) is 111 Å². The monoisotopic (exact) mass is 916 g/mol. The van der Waals surface area contributed by atoms with Crippen LogP contribution in [0.2, 0.25) is 0 Å². The zero-order chi connectivity index (χ0) is 48.9. The van der Waals surface area contributed by atoms with Crippen molar-refractivity contribution in [1.29, 1.82) is 26.3 Å². The van der Waals surface area contributed by atoms with E-state index in [1.165, 1.54) is 0 Å². The average molecular weight is 917 g/mol. The highest BCUT2D eigenvalue weighted by Crippen LogP contribution is 2.43. The fraction of sp³-hybridized carbons (Fsp3) is 0. The molecule has 9 aromatic carbocycles. The maximum Gasteiger partial charge on any atom is 0.166 e. The molecule has 12 aromatic rings. The van der Waals surface area contributed by atoms with Crippen molar-refractivity contribution in [3.05, 3.63) is 222 Å². The van der Waals surface area contributed by atoms with Gasteiger partial charge in [-0.05, 0) is 95.1 Å². The molecule has 0 unspecified atom stereocenters. The first-order valence-corrected chi connectivity index (χ1v) is 22.9. The molecule has 0 radical (unpaired) electrons. The molecule has 0 spiro atoms. The normalized spacial score (nSPS) is 11.0. The molecule has 0 aliphatic rings. The number of para-hydroxylation sites is 2. The summed E-state index contributed by atoms with van der Waals surface area (Å²) < 4.78 is 4.25. The van der Waals surface area contributed by atoms with Gasteiger partial charge in [0.15, 0.2) is 17.5 Å². The number of rotatable bonds is 7. The van der Waals surface area contributed by atoms with Crippen LogP contribution in [-0.4, -0.2) is 24.1 Å². The molecule has 0 atom stereocenters. The van der Waals surface area contributed by atoms with E-state index in [1.807, 2.05) is 140 Å². The summed E-state index contributed by atoms with van der Waals surface area (Å²) in [6, 6.07) is 73.5. The minimum absolute atomic E-state index is 0.384. The molecule has 0 saturated carbocycles. The first-order valence-electron chi connectivity index (χ1n) is 22.9. The summed E-state index contributed by atoms with van der Waals surface area (Å²) >= 11 is 0. The Morgan fingerprint density at radius 2 is 0.722 bits per heavy atom. The lowest BCUT2D eigenvalue weighted by molar-refractivity contribution is 1.06. The standard InChI is InChI=1S/C62H32N10/c63-33-38-19-23-47(44(27-38)35-65)42-21-25-56-51(29-42)49-15-7-9-17-54(49)71(56)58-32-53(62-69-60(40-11-3-1-4-12-40)68-61(70-62)41-13-5-2-6-14-41)59(31-46(58)37-67)72-55-18-10-8-16-50(55)52-30-43(22-26-57(52)72)48-24-20-39(34-64)28-45(48)36-66/h1-32H. The largest absolute Gasteiger partial charge is 0.308 e. The van der Waals surface area contributed by atoms with E-state index in [0.717, 1.165) is 65.9 Å². The van der Waals surface area contributed by atoms with Gasteiger partial charge in [-0.3, -0.25) is 0 Å². The van der Waals surface area contributed by atoms with Crippen molar-refractivity contribution in [2.24, 2.45) is 0 Å².